The molecule has 1 aromatic carbocycles. The molecule has 2 fully saturated rings. The molecule has 0 radical (unpaired) electrons. The number of thioether (sulfide) groups is 2. The number of amides is 1. The van der Waals surface area contributed by atoms with Crippen molar-refractivity contribution < 1.29 is 14.7 Å². The molecule has 2 saturated heterocycles. The monoisotopic (exact) mass is 351 g/mol. The summed E-state index contributed by atoms with van der Waals surface area (Å²) in [7, 11) is 0. The Morgan fingerprint density at radius 2 is 1.78 bits per heavy atom. The SMILES string of the molecule is O=C(O)[C@H]1CCCN(C(=O)c2ccc(C3SCCCS3)cc2)C1. The van der Waals surface area contributed by atoms with Crippen LogP contribution in [0.2, 0.25) is 0 Å². The second-order valence-electron chi connectivity index (χ2n) is 5.98. The standard InChI is InChI=1S/C17H21NO3S2/c19-15(18-8-1-3-14(11-18)16(20)21)12-4-6-13(7-5-12)17-22-9-2-10-23-17/h4-7,14,17H,1-3,8-11H2,(H,20,21)/t14-/m0/s1. The molecule has 0 unspecified atom stereocenters. The Balaban J connectivity index is 1.66. The lowest BCUT2D eigenvalue weighted by molar-refractivity contribution is -0.143. The van der Waals surface area contributed by atoms with Gasteiger partial charge in [0, 0.05) is 18.7 Å². The molecule has 4 nitrogen and oxygen atoms in total. The molecule has 6 heteroatoms. The van der Waals surface area contributed by atoms with E-state index in [0.717, 1.165) is 6.42 Å². The topological polar surface area (TPSA) is 57.6 Å². The Kier molecular flexibility index (Phi) is 5.54. The molecule has 0 bridgehead atoms. The molecule has 2 aliphatic heterocycles. The van der Waals surface area contributed by atoms with Crippen molar-refractivity contribution >= 4 is 35.4 Å². The summed E-state index contributed by atoms with van der Waals surface area (Å²) in [5.41, 5.74) is 1.92. The number of aliphatic carboxylic acids is 1. The molecule has 1 aromatic rings. The van der Waals surface area contributed by atoms with E-state index in [1.54, 1.807) is 4.90 Å². The van der Waals surface area contributed by atoms with Gasteiger partial charge in [-0.1, -0.05) is 12.1 Å². The number of carbonyl (C=O) groups excluding carboxylic acids is 1. The normalized spacial score (nSPS) is 22.8. The van der Waals surface area contributed by atoms with Crippen LogP contribution in [0, 0.1) is 5.92 Å². The second kappa shape index (κ2) is 7.62. The van der Waals surface area contributed by atoms with Gasteiger partial charge in [-0.05, 0) is 48.5 Å². The lowest BCUT2D eigenvalue weighted by Crippen LogP contribution is -2.42. The zero-order valence-corrected chi connectivity index (χ0v) is 14.6. The van der Waals surface area contributed by atoms with E-state index in [1.807, 2.05) is 47.8 Å². The Bertz CT molecular complexity index is 570. The van der Waals surface area contributed by atoms with Crippen molar-refractivity contribution in [2.24, 2.45) is 5.92 Å². The fourth-order valence-corrected chi connectivity index (χ4v) is 5.90. The molecule has 1 atom stereocenters. The van der Waals surface area contributed by atoms with E-state index in [2.05, 4.69) is 0 Å². The predicted molar refractivity (Wildman–Crippen MR) is 95.0 cm³/mol. The molecular weight excluding hydrogens is 330 g/mol. The smallest absolute Gasteiger partial charge is 0.308 e. The molecule has 3 rings (SSSR count). The fourth-order valence-electron chi connectivity index (χ4n) is 3.01. The first-order valence-corrected chi connectivity index (χ1v) is 10.1. The summed E-state index contributed by atoms with van der Waals surface area (Å²) < 4.78 is 0.472. The van der Waals surface area contributed by atoms with Crippen molar-refractivity contribution in [1.82, 2.24) is 4.90 Å². The predicted octanol–water partition coefficient (Wildman–Crippen LogP) is 3.49. The Labute approximate surface area is 145 Å². The van der Waals surface area contributed by atoms with Crippen LogP contribution in [0.1, 0.15) is 39.8 Å². The van der Waals surface area contributed by atoms with Crippen LogP contribution in [-0.2, 0) is 4.79 Å². The molecule has 124 valence electrons. The highest BCUT2D eigenvalue weighted by atomic mass is 32.2. The molecule has 1 N–H and O–H groups in total. The third-order valence-electron chi connectivity index (χ3n) is 4.31. The molecule has 2 aliphatic rings. The van der Waals surface area contributed by atoms with E-state index < -0.39 is 11.9 Å². The van der Waals surface area contributed by atoms with E-state index in [4.69, 9.17) is 5.11 Å². The van der Waals surface area contributed by atoms with Crippen molar-refractivity contribution in [2.75, 3.05) is 24.6 Å². The first-order chi connectivity index (χ1) is 11.1. The van der Waals surface area contributed by atoms with E-state index >= 15 is 0 Å². The van der Waals surface area contributed by atoms with Crippen LogP contribution in [0.25, 0.3) is 0 Å². The van der Waals surface area contributed by atoms with Gasteiger partial charge >= 0.3 is 5.97 Å². The van der Waals surface area contributed by atoms with Gasteiger partial charge in [0.15, 0.2) is 0 Å². The van der Waals surface area contributed by atoms with Crippen LogP contribution >= 0.6 is 23.5 Å². The molecule has 0 aromatic heterocycles. The Morgan fingerprint density at radius 1 is 1.09 bits per heavy atom. The third-order valence-corrected chi connectivity index (χ3v) is 7.33. The van der Waals surface area contributed by atoms with Crippen LogP contribution in [0.4, 0.5) is 0 Å². The summed E-state index contributed by atoms with van der Waals surface area (Å²) in [6, 6.07) is 7.86. The van der Waals surface area contributed by atoms with Crippen LogP contribution in [0.15, 0.2) is 24.3 Å². The van der Waals surface area contributed by atoms with Gasteiger partial charge < -0.3 is 10.0 Å². The average molecular weight is 351 g/mol. The number of likely N-dealkylation sites (tertiary alicyclic amines) is 1. The van der Waals surface area contributed by atoms with E-state index in [-0.39, 0.29) is 5.91 Å². The van der Waals surface area contributed by atoms with Gasteiger partial charge in [-0.15, -0.1) is 23.5 Å². The van der Waals surface area contributed by atoms with Gasteiger partial charge in [0.1, 0.15) is 0 Å². The molecule has 0 saturated carbocycles. The second-order valence-corrected chi connectivity index (χ2v) is 8.70. The van der Waals surface area contributed by atoms with Gasteiger partial charge in [0.2, 0.25) is 0 Å². The summed E-state index contributed by atoms with van der Waals surface area (Å²) in [4.78, 5) is 25.4. The molecule has 23 heavy (non-hydrogen) atoms. The number of rotatable bonds is 3. The van der Waals surface area contributed by atoms with Crippen molar-refractivity contribution in [3.05, 3.63) is 35.4 Å². The number of hydrogen-bond acceptors (Lipinski definition) is 4. The zero-order chi connectivity index (χ0) is 16.2. The van der Waals surface area contributed by atoms with Gasteiger partial charge in [0.25, 0.3) is 5.91 Å². The number of carboxylic acids is 1. The van der Waals surface area contributed by atoms with Crippen molar-refractivity contribution in [2.45, 2.75) is 23.8 Å². The van der Waals surface area contributed by atoms with Gasteiger partial charge in [-0.3, -0.25) is 9.59 Å². The Morgan fingerprint density at radius 3 is 2.43 bits per heavy atom. The summed E-state index contributed by atoms with van der Waals surface area (Å²) in [6.45, 7) is 0.975. The number of hydrogen-bond donors (Lipinski definition) is 1. The van der Waals surface area contributed by atoms with Crippen molar-refractivity contribution in [3.63, 3.8) is 0 Å². The summed E-state index contributed by atoms with van der Waals surface area (Å²) >= 11 is 3.93. The summed E-state index contributed by atoms with van der Waals surface area (Å²) in [6.07, 6.45) is 2.69. The van der Waals surface area contributed by atoms with E-state index in [0.29, 0.717) is 29.7 Å². The number of carbonyl (C=O) groups is 2. The fraction of sp³-hybridized carbons (Fsp3) is 0.529. The average Bonchev–Trinajstić information content (AvgIpc) is 2.62. The lowest BCUT2D eigenvalue weighted by atomic mass is 9.97. The minimum absolute atomic E-state index is 0.0496. The highest BCUT2D eigenvalue weighted by Crippen LogP contribution is 2.43. The minimum Gasteiger partial charge on any atom is -0.481 e. The first-order valence-electron chi connectivity index (χ1n) is 8.00. The van der Waals surface area contributed by atoms with Crippen LogP contribution in [0.5, 0.6) is 0 Å². The quantitative estimate of drug-likeness (QED) is 0.903. The van der Waals surface area contributed by atoms with Gasteiger partial charge in [-0.2, -0.15) is 0 Å². The minimum atomic E-state index is -0.802. The maximum Gasteiger partial charge on any atom is 0.308 e. The third kappa shape index (κ3) is 4.04. The maximum atomic E-state index is 12.6. The largest absolute Gasteiger partial charge is 0.481 e. The molecular formula is C17H21NO3S2. The van der Waals surface area contributed by atoms with E-state index in [9.17, 15) is 9.59 Å². The van der Waals surface area contributed by atoms with Gasteiger partial charge in [0.05, 0.1) is 10.5 Å². The zero-order valence-electron chi connectivity index (χ0n) is 12.9. The highest BCUT2D eigenvalue weighted by molar-refractivity contribution is 8.16. The Hall–Kier alpha value is -1.14. The molecule has 0 aliphatic carbocycles. The molecule has 0 spiro atoms. The highest BCUT2D eigenvalue weighted by Gasteiger charge is 2.28. The van der Waals surface area contributed by atoms with Gasteiger partial charge in [-0.25, -0.2) is 0 Å². The maximum absolute atomic E-state index is 12.6. The summed E-state index contributed by atoms with van der Waals surface area (Å²) in [5, 5.41) is 9.15. The molecule has 1 amide bonds. The van der Waals surface area contributed by atoms with Crippen molar-refractivity contribution in [3.8, 4) is 0 Å². The number of piperidine rings is 1. The van der Waals surface area contributed by atoms with Crippen LogP contribution in [-0.4, -0.2) is 46.5 Å². The number of benzene rings is 1. The summed E-state index contributed by atoms with van der Waals surface area (Å²) in [5.74, 6) is 1.11. The van der Waals surface area contributed by atoms with Crippen LogP contribution in [0.3, 0.4) is 0 Å². The lowest BCUT2D eigenvalue weighted by Gasteiger charge is -2.30. The number of carboxylic acid groups (broad SMARTS) is 1. The van der Waals surface area contributed by atoms with Crippen molar-refractivity contribution in [1.29, 1.82) is 0 Å². The number of nitrogens with zero attached hydrogens (tertiary/aromatic N) is 1. The van der Waals surface area contributed by atoms with Crippen LogP contribution < -0.4 is 0 Å². The first kappa shape index (κ1) is 16.7. The van der Waals surface area contributed by atoms with E-state index in [1.165, 1.54) is 23.5 Å². The molecule has 2 heterocycles.